The first kappa shape index (κ1) is 14.8. The average Bonchev–Trinajstić information content (AvgIpc) is 2.35. The van der Waals surface area contributed by atoms with Crippen molar-refractivity contribution < 1.29 is 14.3 Å². The third kappa shape index (κ3) is 5.89. The molecule has 18 heavy (non-hydrogen) atoms. The van der Waals surface area contributed by atoms with Crippen LogP contribution in [0.3, 0.4) is 0 Å². The molecule has 1 aromatic carbocycles. The number of nitrogens with one attached hydrogen (secondary N) is 1. The van der Waals surface area contributed by atoms with Crippen LogP contribution in [0.2, 0.25) is 0 Å². The number of para-hydroxylation sites is 1. The second kappa shape index (κ2) is 7.95. The summed E-state index contributed by atoms with van der Waals surface area (Å²) >= 11 is 5.71. The number of alkyl halides is 1. The highest BCUT2D eigenvalue weighted by Crippen LogP contribution is 2.07. The van der Waals surface area contributed by atoms with Crippen molar-refractivity contribution in [2.45, 2.75) is 26.1 Å². The molecule has 100 valence electrons. The molecule has 0 aliphatic heterocycles. The molecule has 0 saturated carbocycles. The highest BCUT2D eigenvalue weighted by molar-refractivity contribution is 6.18. The van der Waals surface area contributed by atoms with Gasteiger partial charge < -0.3 is 9.47 Å². The molecule has 1 amide bonds. The standard InChI is InChI=1S/C13H18ClNO3/c1-10(2)17-9-12(8-14)18-13(16)15-11-6-4-3-5-7-11/h3-7,10,12H,8-9H2,1-2H3,(H,15,16). The Hall–Kier alpha value is -1.26. The van der Waals surface area contributed by atoms with Gasteiger partial charge in [0, 0.05) is 5.69 Å². The molecule has 1 N–H and O–H groups in total. The number of carbonyl (C=O) groups excluding carboxylic acids is 1. The van der Waals surface area contributed by atoms with Crippen LogP contribution < -0.4 is 5.32 Å². The second-order valence-electron chi connectivity index (χ2n) is 4.05. The predicted molar refractivity (Wildman–Crippen MR) is 72.1 cm³/mol. The number of hydrogen-bond donors (Lipinski definition) is 1. The van der Waals surface area contributed by atoms with Crippen LogP contribution in [0, 0.1) is 0 Å². The first-order chi connectivity index (χ1) is 8.61. The third-order valence-electron chi connectivity index (χ3n) is 2.08. The zero-order chi connectivity index (χ0) is 13.4. The molecule has 0 spiro atoms. The molecule has 0 radical (unpaired) electrons. The predicted octanol–water partition coefficient (Wildman–Crippen LogP) is 3.27. The van der Waals surface area contributed by atoms with E-state index in [4.69, 9.17) is 21.1 Å². The molecule has 1 atom stereocenters. The smallest absolute Gasteiger partial charge is 0.412 e. The maximum Gasteiger partial charge on any atom is 0.412 e. The quantitative estimate of drug-likeness (QED) is 0.808. The maximum absolute atomic E-state index is 11.6. The topological polar surface area (TPSA) is 47.6 Å². The number of anilines is 1. The Bertz CT molecular complexity index is 357. The zero-order valence-electron chi connectivity index (χ0n) is 10.6. The molecule has 4 nitrogen and oxygen atoms in total. The molecule has 0 saturated heterocycles. The van der Waals surface area contributed by atoms with Crippen LogP contribution in [0.15, 0.2) is 30.3 Å². The van der Waals surface area contributed by atoms with E-state index in [0.717, 1.165) is 0 Å². The fourth-order valence-electron chi connectivity index (χ4n) is 1.23. The van der Waals surface area contributed by atoms with Crippen LogP contribution in [0.1, 0.15) is 13.8 Å². The fraction of sp³-hybridized carbons (Fsp3) is 0.462. The first-order valence-electron chi connectivity index (χ1n) is 5.82. The van der Waals surface area contributed by atoms with Gasteiger partial charge in [0.05, 0.1) is 18.6 Å². The number of rotatable bonds is 6. The summed E-state index contributed by atoms with van der Waals surface area (Å²) in [6.07, 6.45) is -0.895. The minimum atomic E-state index is -0.529. The van der Waals surface area contributed by atoms with Gasteiger partial charge in [-0.15, -0.1) is 11.6 Å². The highest BCUT2D eigenvalue weighted by Gasteiger charge is 2.14. The third-order valence-corrected chi connectivity index (χ3v) is 2.43. The summed E-state index contributed by atoms with van der Waals surface area (Å²) < 4.78 is 10.5. The summed E-state index contributed by atoms with van der Waals surface area (Å²) in [5, 5.41) is 2.62. The van der Waals surface area contributed by atoms with E-state index in [1.54, 1.807) is 12.1 Å². The van der Waals surface area contributed by atoms with Crippen LogP contribution in [0.4, 0.5) is 10.5 Å². The Morgan fingerprint density at radius 3 is 2.56 bits per heavy atom. The zero-order valence-corrected chi connectivity index (χ0v) is 11.3. The second-order valence-corrected chi connectivity index (χ2v) is 4.36. The highest BCUT2D eigenvalue weighted by atomic mass is 35.5. The molecular formula is C13H18ClNO3. The normalized spacial score (nSPS) is 12.2. The van der Waals surface area contributed by atoms with Crippen molar-refractivity contribution in [3.63, 3.8) is 0 Å². The van der Waals surface area contributed by atoms with Crippen molar-refractivity contribution in [2.75, 3.05) is 17.8 Å². The van der Waals surface area contributed by atoms with Gasteiger partial charge in [-0.1, -0.05) is 18.2 Å². The van der Waals surface area contributed by atoms with Gasteiger partial charge in [0.15, 0.2) is 0 Å². The van der Waals surface area contributed by atoms with E-state index in [1.807, 2.05) is 32.0 Å². The Morgan fingerprint density at radius 2 is 2.00 bits per heavy atom. The van der Waals surface area contributed by atoms with Crippen LogP contribution in [-0.4, -0.2) is 30.8 Å². The van der Waals surface area contributed by atoms with Gasteiger partial charge in [0.1, 0.15) is 6.10 Å². The minimum Gasteiger partial charge on any atom is -0.442 e. The summed E-state index contributed by atoms with van der Waals surface area (Å²) in [6, 6.07) is 9.09. The lowest BCUT2D eigenvalue weighted by molar-refractivity contribution is 0.00777. The van der Waals surface area contributed by atoms with Gasteiger partial charge >= 0.3 is 6.09 Å². The lowest BCUT2D eigenvalue weighted by Gasteiger charge is -2.17. The van der Waals surface area contributed by atoms with Gasteiger partial charge in [0.25, 0.3) is 0 Å². The number of ether oxygens (including phenoxy) is 2. The van der Waals surface area contributed by atoms with Crippen molar-refractivity contribution in [3.8, 4) is 0 Å². The minimum absolute atomic E-state index is 0.0801. The van der Waals surface area contributed by atoms with E-state index in [9.17, 15) is 4.79 Å². The molecule has 0 bridgehead atoms. The van der Waals surface area contributed by atoms with Crippen molar-refractivity contribution in [3.05, 3.63) is 30.3 Å². The number of hydrogen-bond acceptors (Lipinski definition) is 3. The molecule has 0 fully saturated rings. The SMILES string of the molecule is CC(C)OCC(CCl)OC(=O)Nc1ccccc1. The van der Waals surface area contributed by atoms with Crippen molar-refractivity contribution in [1.29, 1.82) is 0 Å². The van der Waals surface area contributed by atoms with Crippen molar-refractivity contribution in [2.24, 2.45) is 0 Å². The summed E-state index contributed by atoms with van der Waals surface area (Å²) in [5.41, 5.74) is 0.681. The van der Waals surface area contributed by atoms with Crippen molar-refractivity contribution in [1.82, 2.24) is 0 Å². The van der Waals surface area contributed by atoms with Crippen LogP contribution in [-0.2, 0) is 9.47 Å². The van der Waals surface area contributed by atoms with E-state index in [2.05, 4.69) is 5.32 Å². The average molecular weight is 272 g/mol. The summed E-state index contributed by atoms with van der Waals surface area (Å²) in [5.74, 6) is 0.203. The summed E-state index contributed by atoms with van der Waals surface area (Å²) in [6.45, 7) is 4.12. The van der Waals surface area contributed by atoms with Crippen LogP contribution >= 0.6 is 11.6 Å². The Kier molecular flexibility index (Phi) is 6.54. The Labute approximate surface area is 112 Å². The molecule has 1 unspecified atom stereocenters. The van der Waals surface area contributed by atoms with E-state index >= 15 is 0 Å². The van der Waals surface area contributed by atoms with Gasteiger partial charge in [-0.3, -0.25) is 5.32 Å². The number of benzene rings is 1. The molecule has 0 aromatic heterocycles. The van der Waals surface area contributed by atoms with Crippen molar-refractivity contribution >= 4 is 23.4 Å². The molecule has 0 aliphatic rings. The van der Waals surface area contributed by atoms with E-state index in [1.165, 1.54) is 0 Å². The van der Waals surface area contributed by atoms with Gasteiger partial charge in [-0.25, -0.2) is 4.79 Å². The Morgan fingerprint density at radius 1 is 1.33 bits per heavy atom. The molecular weight excluding hydrogens is 254 g/mol. The van der Waals surface area contributed by atoms with Gasteiger partial charge in [0.2, 0.25) is 0 Å². The number of carbonyl (C=O) groups is 1. The molecule has 1 rings (SSSR count). The van der Waals surface area contributed by atoms with E-state index < -0.39 is 12.2 Å². The molecule has 0 heterocycles. The molecule has 1 aromatic rings. The van der Waals surface area contributed by atoms with Gasteiger partial charge in [-0.2, -0.15) is 0 Å². The van der Waals surface area contributed by atoms with E-state index in [0.29, 0.717) is 12.3 Å². The molecule has 0 aliphatic carbocycles. The summed E-state index contributed by atoms with van der Waals surface area (Å²) in [4.78, 5) is 11.6. The lowest BCUT2D eigenvalue weighted by Crippen LogP contribution is -2.29. The lowest BCUT2D eigenvalue weighted by atomic mass is 10.3. The van der Waals surface area contributed by atoms with Crippen LogP contribution in [0.25, 0.3) is 0 Å². The largest absolute Gasteiger partial charge is 0.442 e. The van der Waals surface area contributed by atoms with E-state index in [-0.39, 0.29) is 12.0 Å². The van der Waals surface area contributed by atoms with Gasteiger partial charge in [-0.05, 0) is 26.0 Å². The maximum atomic E-state index is 11.6. The first-order valence-corrected chi connectivity index (χ1v) is 6.35. The van der Waals surface area contributed by atoms with Crippen LogP contribution in [0.5, 0.6) is 0 Å². The summed E-state index contributed by atoms with van der Waals surface area (Å²) in [7, 11) is 0. The molecule has 5 heteroatoms. The fourth-order valence-corrected chi connectivity index (χ4v) is 1.38. The number of amides is 1. The monoisotopic (exact) mass is 271 g/mol. The number of halogens is 1. The Balaban J connectivity index is 2.37.